The van der Waals surface area contributed by atoms with Crippen LogP contribution < -0.4 is 19.5 Å². The topological polar surface area (TPSA) is 69.9 Å². The average Bonchev–Trinajstić information content (AvgIpc) is 3.23. The molecule has 1 N–H and O–H groups in total. The van der Waals surface area contributed by atoms with E-state index in [-0.39, 0.29) is 18.3 Å². The smallest absolute Gasteiger partial charge is 0.287 e. The minimum absolute atomic E-state index is 0.175. The molecule has 0 atom stereocenters. The summed E-state index contributed by atoms with van der Waals surface area (Å²) in [7, 11) is 0. The first-order valence-electron chi connectivity index (χ1n) is 10.1. The molecular weight excluding hydrogens is 418 g/mol. The molecule has 0 saturated carbocycles. The molecule has 0 aliphatic heterocycles. The van der Waals surface area contributed by atoms with Crippen molar-refractivity contribution in [2.24, 2.45) is 0 Å². The highest BCUT2D eigenvalue weighted by molar-refractivity contribution is 6.32. The van der Waals surface area contributed by atoms with Crippen LogP contribution in [0.2, 0.25) is 5.02 Å². The van der Waals surface area contributed by atoms with Crippen molar-refractivity contribution in [3.05, 3.63) is 76.2 Å². The highest BCUT2D eigenvalue weighted by Crippen LogP contribution is 2.29. The number of nitrogens with one attached hydrogen (secondary N) is 1. The molecule has 0 aliphatic carbocycles. The number of ether oxygens (including phenoxy) is 3. The van der Waals surface area contributed by atoms with E-state index in [0.29, 0.717) is 47.8 Å². The number of hydrogen-bond acceptors (Lipinski definition) is 5. The Bertz CT molecular complexity index is 1010. The van der Waals surface area contributed by atoms with Crippen LogP contribution >= 0.6 is 11.6 Å². The van der Waals surface area contributed by atoms with Gasteiger partial charge in [0.15, 0.2) is 17.3 Å². The van der Waals surface area contributed by atoms with Gasteiger partial charge in [-0.25, -0.2) is 0 Å². The second-order valence-corrected chi connectivity index (χ2v) is 7.18. The average molecular weight is 444 g/mol. The second-order valence-electron chi connectivity index (χ2n) is 6.77. The van der Waals surface area contributed by atoms with Crippen molar-refractivity contribution in [1.82, 2.24) is 5.32 Å². The van der Waals surface area contributed by atoms with Crippen molar-refractivity contribution < 1.29 is 23.4 Å². The van der Waals surface area contributed by atoms with Gasteiger partial charge in [0.1, 0.15) is 18.1 Å². The molecule has 0 aliphatic rings. The van der Waals surface area contributed by atoms with Gasteiger partial charge < -0.3 is 23.9 Å². The highest BCUT2D eigenvalue weighted by Gasteiger charge is 2.13. The molecule has 1 heterocycles. The van der Waals surface area contributed by atoms with Gasteiger partial charge in [0.2, 0.25) is 0 Å². The lowest BCUT2D eigenvalue weighted by atomic mass is 10.2. The molecule has 164 valence electrons. The number of benzene rings is 2. The standard InChI is InChI=1S/C24H26ClNO5/c1-4-28-20-11-9-17(13-22(20)29-5-2)14-26-24(27)21-12-10-18(31-21)15-30-23-16(3)7-6-8-19(23)25/h6-13H,4-5,14-15H2,1-3H3,(H,26,27). The van der Waals surface area contributed by atoms with Gasteiger partial charge in [-0.15, -0.1) is 0 Å². The minimum Gasteiger partial charge on any atom is -0.490 e. The fourth-order valence-electron chi connectivity index (χ4n) is 3.00. The van der Waals surface area contributed by atoms with Crippen LogP contribution in [0.25, 0.3) is 0 Å². The lowest BCUT2D eigenvalue weighted by Gasteiger charge is -2.12. The maximum absolute atomic E-state index is 12.5. The fourth-order valence-corrected chi connectivity index (χ4v) is 3.27. The molecule has 0 unspecified atom stereocenters. The molecule has 3 rings (SSSR count). The lowest BCUT2D eigenvalue weighted by Crippen LogP contribution is -2.22. The third-order valence-corrected chi connectivity index (χ3v) is 4.77. The van der Waals surface area contributed by atoms with E-state index in [1.165, 1.54) is 0 Å². The Morgan fingerprint density at radius 1 is 1.00 bits per heavy atom. The summed E-state index contributed by atoms with van der Waals surface area (Å²) in [6.07, 6.45) is 0. The normalized spacial score (nSPS) is 10.6. The first kappa shape index (κ1) is 22.6. The van der Waals surface area contributed by atoms with Crippen molar-refractivity contribution in [1.29, 1.82) is 0 Å². The molecule has 0 bridgehead atoms. The van der Waals surface area contributed by atoms with Crippen LogP contribution in [0.5, 0.6) is 17.2 Å². The summed E-state index contributed by atoms with van der Waals surface area (Å²) in [5.41, 5.74) is 1.82. The molecule has 31 heavy (non-hydrogen) atoms. The van der Waals surface area contributed by atoms with Crippen LogP contribution in [0.1, 0.15) is 41.3 Å². The summed E-state index contributed by atoms with van der Waals surface area (Å²) in [5, 5.41) is 3.38. The Hall–Kier alpha value is -3.12. The van der Waals surface area contributed by atoms with E-state index >= 15 is 0 Å². The van der Waals surface area contributed by atoms with Gasteiger partial charge in [-0.1, -0.05) is 29.8 Å². The zero-order valence-electron chi connectivity index (χ0n) is 17.9. The predicted molar refractivity (Wildman–Crippen MR) is 119 cm³/mol. The number of furan rings is 1. The zero-order valence-corrected chi connectivity index (χ0v) is 18.6. The molecule has 2 aromatic carbocycles. The summed E-state index contributed by atoms with van der Waals surface area (Å²) in [5.74, 6) is 2.38. The van der Waals surface area contributed by atoms with Crippen LogP contribution in [0.15, 0.2) is 52.9 Å². The Labute approximate surface area is 187 Å². The highest BCUT2D eigenvalue weighted by atomic mass is 35.5. The van der Waals surface area contributed by atoms with Crippen LogP contribution in [-0.4, -0.2) is 19.1 Å². The Morgan fingerprint density at radius 3 is 2.52 bits per heavy atom. The number of amides is 1. The van der Waals surface area contributed by atoms with Crippen molar-refractivity contribution in [2.45, 2.75) is 33.9 Å². The quantitative estimate of drug-likeness (QED) is 0.445. The van der Waals surface area contributed by atoms with Gasteiger partial charge in [-0.2, -0.15) is 0 Å². The lowest BCUT2D eigenvalue weighted by molar-refractivity contribution is 0.0919. The van der Waals surface area contributed by atoms with Crippen LogP contribution in [0.3, 0.4) is 0 Å². The number of carbonyl (C=O) groups excluding carboxylic acids is 1. The van der Waals surface area contributed by atoms with E-state index < -0.39 is 0 Å². The van der Waals surface area contributed by atoms with Gasteiger partial charge >= 0.3 is 0 Å². The van der Waals surface area contributed by atoms with E-state index in [9.17, 15) is 4.79 Å². The second kappa shape index (κ2) is 10.8. The van der Waals surface area contributed by atoms with Crippen LogP contribution in [0, 0.1) is 6.92 Å². The fraction of sp³-hybridized carbons (Fsp3) is 0.292. The van der Waals surface area contributed by atoms with E-state index in [1.54, 1.807) is 18.2 Å². The van der Waals surface area contributed by atoms with E-state index in [4.69, 9.17) is 30.2 Å². The van der Waals surface area contributed by atoms with Gasteiger partial charge in [0, 0.05) is 6.54 Å². The Morgan fingerprint density at radius 2 is 1.77 bits per heavy atom. The molecule has 0 radical (unpaired) electrons. The van der Waals surface area contributed by atoms with Crippen molar-refractivity contribution >= 4 is 17.5 Å². The number of carbonyl (C=O) groups is 1. The van der Waals surface area contributed by atoms with Crippen molar-refractivity contribution in [2.75, 3.05) is 13.2 Å². The molecular formula is C24H26ClNO5. The van der Waals surface area contributed by atoms with E-state index in [0.717, 1.165) is 11.1 Å². The molecule has 1 aromatic heterocycles. The molecule has 0 spiro atoms. The molecule has 6 nitrogen and oxygen atoms in total. The summed E-state index contributed by atoms with van der Waals surface area (Å²) in [6.45, 7) is 7.33. The summed E-state index contributed by atoms with van der Waals surface area (Å²) >= 11 is 6.17. The Kier molecular flexibility index (Phi) is 7.84. The van der Waals surface area contributed by atoms with Gasteiger partial charge in [0.05, 0.1) is 18.2 Å². The summed E-state index contributed by atoms with van der Waals surface area (Å²) in [6, 6.07) is 14.5. The Balaban J connectivity index is 1.58. The number of rotatable bonds is 10. The number of aryl methyl sites for hydroxylation is 1. The van der Waals surface area contributed by atoms with Gasteiger partial charge in [-0.3, -0.25) is 4.79 Å². The van der Waals surface area contributed by atoms with Crippen LogP contribution in [0.4, 0.5) is 0 Å². The predicted octanol–water partition coefficient (Wildman–Crippen LogP) is 5.55. The first-order valence-corrected chi connectivity index (χ1v) is 10.5. The maximum Gasteiger partial charge on any atom is 0.287 e. The number of hydrogen-bond donors (Lipinski definition) is 1. The monoisotopic (exact) mass is 443 g/mol. The SMILES string of the molecule is CCOc1ccc(CNC(=O)c2ccc(COc3c(C)cccc3Cl)o2)cc1OCC. The molecule has 3 aromatic rings. The maximum atomic E-state index is 12.5. The largest absolute Gasteiger partial charge is 0.490 e. The first-order chi connectivity index (χ1) is 15.0. The van der Waals surface area contributed by atoms with Crippen molar-refractivity contribution in [3.63, 3.8) is 0 Å². The summed E-state index contributed by atoms with van der Waals surface area (Å²) in [4.78, 5) is 12.5. The van der Waals surface area contributed by atoms with Gasteiger partial charge in [0.25, 0.3) is 5.91 Å². The van der Waals surface area contributed by atoms with E-state index in [2.05, 4.69) is 5.32 Å². The minimum atomic E-state index is -0.313. The molecule has 0 fully saturated rings. The zero-order chi connectivity index (χ0) is 22.2. The van der Waals surface area contributed by atoms with Gasteiger partial charge in [-0.05, 0) is 62.2 Å². The summed E-state index contributed by atoms with van der Waals surface area (Å²) < 4.78 is 22.6. The number of halogens is 1. The van der Waals surface area contributed by atoms with E-state index in [1.807, 2.05) is 51.1 Å². The molecule has 7 heteroatoms. The van der Waals surface area contributed by atoms with Crippen molar-refractivity contribution in [3.8, 4) is 17.2 Å². The third-order valence-electron chi connectivity index (χ3n) is 4.47. The third kappa shape index (κ3) is 5.95. The number of para-hydroxylation sites is 1. The molecule has 0 saturated heterocycles. The van der Waals surface area contributed by atoms with Crippen LogP contribution in [-0.2, 0) is 13.2 Å². The molecule has 1 amide bonds.